The van der Waals surface area contributed by atoms with Crippen molar-refractivity contribution < 1.29 is 14.4 Å². The maximum Gasteiger partial charge on any atom is 0.348 e. The van der Waals surface area contributed by atoms with Gasteiger partial charge in [0.15, 0.2) is 0 Å². The van der Waals surface area contributed by atoms with Crippen molar-refractivity contribution in [3.05, 3.63) is 47.3 Å². The molecule has 136 valence electrons. The third-order valence-electron chi connectivity index (χ3n) is 4.14. The topological polar surface area (TPSA) is 83.6 Å². The number of rotatable bonds is 12. The summed E-state index contributed by atoms with van der Waals surface area (Å²) in [5.41, 5.74) is 8.43. The second kappa shape index (κ2) is 11.6. The molecule has 0 aliphatic carbocycles. The van der Waals surface area contributed by atoms with Gasteiger partial charge in [-0.05, 0) is 36.8 Å². The summed E-state index contributed by atoms with van der Waals surface area (Å²) in [5.74, 6) is 0.890. The summed E-state index contributed by atoms with van der Waals surface area (Å²) >= 11 is 0. The summed E-state index contributed by atoms with van der Waals surface area (Å²) in [4.78, 5) is 17.6. The van der Waals surface area contributed by atoms with Crippen molar-refractivity contribution in [2.45, 2.75) is 70.8 Å². The van der Waals surface area contributed by atoms with E-state index in [1.165, 1.54) is 55.7 Å². The van der Waals surface area contributed by atoms with Gasteiger partial charge in [0.2, 0.25) is 0 Å². The molecule has 1 unspecified atom stereocenters. The molecule has 1 rings (SSSR count). The zero-order valence-electron chi connectivity index (χ0n) is 14.7. The molecule has 0 aliphatic heterocycles. The van der Waals surface area contributed by atoms with Crippen LogP contribution < -0.4 is 5.73 Å². The van der Waals surface area contributed by atoms with Gasteiger partial charge in [-0.3, -0.25) is 4.57 Å². The van der Waals surface area contributed by atoms with Gasteiger partial charge in [-0.15, -0.1) is 0 Å². The van der Waals surface area contributed by atoms with Crippen molar-refractivity contribution in [1.29, 1.82) is 0 Å². The van der Waals surface area contributed by atoms with Crippen LogP contribution in [0.2, 0.25) is 0 Å². The van der Waals surface area contributed by atoms with Gasteiger partial charge in [0, 0.05) is 11.9 Å². The SMILES string of the molecule is CCCCCCCCc1ccc(CCC(N)/C=C/P(=O)(O)O)cc1. The van der Waals surface area contributed by atoms with Crippen LogP contribution in [0, 0.1) is 0 Å². The maximum absolute atomic E-state index is 10.8. The van der Waals surface area contributed by atoms with Crippen molar-refractivity contribution in [2.75, 3.05) is 0 Å². The van der Waals surface area contributed by atoms with E-state index in [4.69, 9.17) is 15.5 Å². The maximum atomic E-state index is 10.8. The van der Waals surface area contributed by atoms with Gasteiger partial charge in [-0.25, -0.2) is 0 Å². The first-order valence-electron chi connectivity index (χ1n) is 8.98. The number of hydrogen-bond acceptors (Lipinski definition) is 2. The zero-order valence-corrected chi connectivity index (χ0v) is 15.6. The van der Waals surface area contributed by atoms with Gasteiger partial charge < -0.3 is 15.5 Å². The number of nitrogens with two attached hydrogens (primary N) is 1. The molecule has 0 amide bonds. The van der Waals surface area contributed by atoms with Crippen LogP contribution in [0.5, 0.6) is 0 Å². The van der Waals surface area contributed by atoms with E-state index in [1.54, 1.807) is 0 Å². The summed E-state index contributed by atoms with van der Waals surface area (Å²) in [6.07, 6.45) is 11.9. The lowest BCUT2D eigenvalue weighted by molar-refractivity contribution is 0.386. The van der Waals surface area contributed by atoms with Crippen LogP contribution in [0.1, 0.15) is 63.0 Å². The molecule has 0 aromatic heterocycles. The molecule has 1 aromatic rings. The molecule has 0 saturated heterocycles. The van der Waals surface area contributed by atoms with Crippen molar-refractivity contribution in [3.8, 4) is 0 Å². The molecule has 0 heterocycles. The van der Waals surface area contributed by atoms with Gasteiger partial charge in [0.1, 0.15) is 0 Å². The Labute approximate surface area is 146 Å². The van der Waals surface area contributed by atoms with Crippen LogP contribution in [0.15, 0.2) is 36.2 Å². The molecule has 4 N–H and O–H groups in total. The number of hydrogen-bond donors (Lipinski definition) is 3. The predicted molar refractivity (Wildman–Crippen MR) is 101 cm³/mol. The smallest absolute Gasteiger partial charge is 0.324 e. The van der Waals surface area contributed by atoms with E-state index in [0.717, 1.165) is 18.7 Å². The van der Waals surface area contributed by atoms with Crippen LogP contribution in [-0.4, -0.2) is 15.8 Å². The highest BCUT2D eigenvalue weighted by molar-refractivity contribution is 7.55. The minimum Gasteiger partial charge on any atom is -0.324 e. The van der Waals surface area contributed by atoms with Crippen LogP contribution >= 0.6 is 7.60 Å². The third kappa shape index (κ3) is 10.8. The first-order valence-corrected chi connectivity index (χ1v) is 10.7. The Morgan fingerprint density at radius 1 is 1.00 bits per heavy atom. The second-order valence-corrected chi connectivity index (χ2v) is 7.94. The Morgan fingerprint density at radius 2 is 1.54 bits per heavy atom. The largest absolute Gasteiger partial charge is 0.348 e. The van der Waals surface area contributed by atoms with E-state index in [2.05, 4.69) is 31.2 Å². The normalized spacial score (nSPS) is 13.5. The molecule has 24 heavy (non-hydrogen) atoms. The van der Waals surface area contributed by atoms with Crippen LogP contribution in [0.3, 0.4) is 0 Å². The minimum absolute atomic E-state index is 0.333. The number of aryl methyl sites for hydroxylation is 2. The molecule has 1 atom stereocenters. The highest BCUT2D eigenvalue weighted by atomic mass is 31.2. The fraction of sp³-hybridized carbons (Fsp3) is 0.579. The van der Waals surface area contributed by atoms with E-state index in [-0.39, 0.29) is 6.04 Å². The molecule has 0 aliphatic rings. The summed E-state index contributed by atoms with van der Waals surface area (Å²) in [6.45, 7) is 2.24. The summed E-state index contributed by atoms with van der Waals surface area (Å²) < 4.78 is 10.8. The van der Waals surface area contributed by atoms with Crippen molar-refractivity contribution in [2.24, 2.45) is 5.73 Å². The van der Waals surface area contributed by atoms with Gasteiger partial charge in [0.05, 0.1) is 0 Å². The van der Waals surface area contributed by atoms with Crippen molar-refractivity contribution in [1.82, 2.24) is 0 Å². The molecular weight excluding hydrogens is 321 g/mol. The van der Waals surface area contributed by atoms with E-state index in [0.29, 0.717) is 6.42 Å². The molecule has 0 fully saturated rings. The van der Waals surface area contributed by atoms with E-state index in [1.807, 2.05) is 0 Å². The molecule has 0 saturated carbocycles. The van der Waals surface area contributed by atoms with E-state index in [9.17, 15) is 4.57 Å². The number of benzene rings is 1. The third-order valence-corrected chi connectivity index (χ3v) is 4.70. The minimum atomic E-state index is -4.10. The molecular formula is C19H32NO3P. The first kappa shape index (κ1) is 21.1. The monoisotopic (exact) mass is 353 g/mol. The Hall–Kier alpha value is -0.930. The zero-order chi connectivity index (χ0) is 17.8. The van der Waals surface area contributed by atoms with E-state index >= 15 is 0 Å². The quantitative estimate of drug-likeness (QED) is 0.380. The van der Waals surface area contributed by atoms with Crippen molar-refractivity contribution >= 4 is 7.60 Å². The Bertz CT molecular complexity index is 522. The standard InChI is InChI=1S/C19H32NO3P/c1-2-3-4-5-6-7-8-17-9-11-18(12-10-17)13-14-19(20)15-16-24(21,22)23/h9-12,15-16,19H,2-8,13-14,20H2,1H3,(H2,21,22,23)/b16-15+. The Kier molecular flexibility index (Phi) is 10.2. The number of unbranched alkanes of at least 4 members (excludes halogenated alkanes) is 5. The molecule has 5 heteroatoms. The van der Waals surface area contributed by atoms with Gasteiger partial charge in [0.25, 0.3) is 0 Å². The molecule has 1 aromatic carbocycles. The van der Waals surface area contributed by atoms with Crippen LogP contribution in [0.25, 0.3) is 0 Å². The first-order chi connectivity index (χ1) is 11.4. The highest BCUT2D eigenvalue weighted by Gasteiger charge is 2.07. The fourth-order valence-corrected chi connectivity index (χ4v) is 3.08. The summed E-state index contributed by atoms with van der Waals surface area (Å²) in [6, 6.07) is 8.29. The van der Waals surface area contributed by atoms with E-state index < -0.39 is 7.60 Å². The fourth-order valence-electron chi connectivity index (χ4n) is 2.63. The molecule has 0 spiro atoms. The van der Waals surface area contributed by atoms with Gasteiger partial charge in [-0.2, -0.15) is 0 Å². The predicted octanol–water partition coefficient (Wildman–Crippen LogP) is 4.54. The average Bonchev–Trinajstić information content (AvgIpc) is 2.54. The van der Waals surface area contributed by atoms with Crippen molar-refractivity contribution in [3.63, 3.8) is 0 Å². The lowest BCUT2D eigenvalue weighted by Crippen LogP contribution is -2.17. The molecule has 4 nitrogen and oxygen atoms in total. The average molecular weight is 353 g/mol. The molecule has 0 bridgehead atoms. The lowest BCUT2D eigenvalue weighted by Gasteiger charge is -2.08. The summed E-state index contributed by atoms with van der Waals surface area (Å²) in [7, 11) is -4.10. The Balaban J connectivity index is 2.27. The van der Waals surface area contributed by atoms with Crippen LogP contribution in [0.4, 0.5) is 0 Å². The van der Waals surface area contributed by atoms with Crippen LogP contribution in [-0.2, 0) is 17.4 Å². The second-order valence-electron chi connectivity index (χ2n) is 6.47. The lowest BCUT2D eigenvalue weighted by atomic mass is 10.0. The highest BCUT2D eigenvalue weighted by Crippen LogP contribution is 2.36. The Morgan fingerprint density at radius 3 is 2.12 bits per heavy atom. The molecule has 0 radical (unpaired) electrons. The summed E-state index contributed by atoms with van der Waals surface area (Å²) in [5, 5.41) is 0. The van der Waals surface area contributed by atoms with Gasteiger partial charge >= 0.3 is 7.60 Å². The van der Waals surface area contributed by atoms with Gasteiger partial charge in [-0.1, -0.05) is 69.4 Å².